The summed E-state index contributed by atoms with van der Waals surface area (Å²) in [4.78, 5) is 11.5. The van der Waals surface area contributed by atoms with Gasteiger partial charge in [-0.2, -0.15) is 0 Å². The lowest BCUT2D eigenvalue weighted by Crippen LogP contribution is -2.43. The van der Waals surface area contributed by atoms with Crippen LogP contribution in [0.15, 0.2) is 29.2 Å². The molecule has 0 bridgehead atoms. The summed E-state index contributed by atoms with van der Waals surface area (Å²) in [5.74, 6) is -0.259. The van der Waals surface area contributed by atoms with Gasteiger partial charge in [0.2, 0.25) is 10.0 Å². The maximum Gasteiger partial charge on any atom is 0.314 e. The Labute approximate surface area is 124 Å². The van der Waals surface area contributed by atoms with Gasteiger partial charge in [0.1, 0.15) is 0 Å². The highest BCUT2D eigenvalue weighted by Gasteiger charge is 2.51. The Morgan fingerprint density at radius 3 is 2.24 bits per heavy atom. The van der Waals surface area contributed by atoms with Gasteiger partial charge in [0.25, 0.3) is 0 Å². The van der Waals surface area contributed by atoms with E-state index in [4.69, 9.17) is 0 Å². The molecule has 2 N–H and O–H groups in total. The van der Waals surface area contributed by atoms with Crippen molar-refractivity contribution in [3.05, 3.63) is 29.8 Å². The summed E-state index contributed by atoms with van der Waals surface area (Å²) in [6.45, 7) is 2.10. The van der Waals surface area contributed by atoms with Crippen LogP contribution in [-0.2, 0) is 20.2 Å². The van der Waals surface area contributed by atoms with Crippen LogP contribution in [0.3, 0.4) is 0 Å². The van der Waals surface area contributed by atoms with Crippen molar-refractivity contribution in [2.24, 2.45) is 5.92 Å². The second-order valence-electron chi connectivity index (χ2n) is 6.31. The van der Waals surface area contributed by atoms with Gasteiger partial charge in [0.15, 0.2) is 0 Å². The van der Waals surface area contributed by atoms with Gasteiger partial charge in [-0.3, -0.25) is 4.79 Å². The van der Waals surface area contributed by atoms with Crippen LogP contribution in [0.4, 0.5) is 0 Å². The molecule has 0 aromatic heterocycles. The summed E-state index contributed by atoms with van der Waals surface area (Å²) in [7, 11) is -3.50. The molecule has 1 aromatic carbocycles. The van der Waals surface area contributed by atoms with Crippen molar-refractivity contribution in [1.29, 1.82) is 0 Å². The van der Waals surface area contributed by atoms with Crippen LogP contribution < -0.4 is 4.72 Å². The van der Waals surface area contributed by atoms with Gasteiger partial charge in [0.05, 0.1) is 10.3 Å². The first kappa shape index (κ1) is 14.5. The Morgan fingerprint density at radius 1 is 1.24 bits per heavy atom. The molecule has 6 heteroatoms. The van der Waals surface area contributed by atoms with E-state index in [9.17, 15) is 18.3 Å². The quantitative estimate of drug-likeness (QED) is 0.870. The fourth-order valence-electron chi connectivity index (χ4n) is 2.99. The molecule has 0 amide bonds. The standard InChI is InChI=1S/C15H19NO4S/c1-10-8-12(9-10)16-21(19,20)13-4-2-11(3-5-13)15(6-7-15)14(17)18/h2-5,10,12,16H,6-9H2,1H3,(H,17,18). The minimum Gasteiger partial charge on any atom is -0.481 e. The third kappa shape index (κ3) is 2.58. The van der Waals surface area contributed by atoms with Crippen LogP contribution in [0.1, 0.15) is 38.2 Å². The minimum absolute atomic E-state index is 0.0264. The molecule has 2 aliphatic carbocycles. The Bertz CT molecular complexity index is 655. The molecule has 3 rings (SSSR count). The monoisotopic (exact) mass is 309 g/mol. The van der Waals surface area contributed by atoms with Crippen LogP contribution >= 0.6 is 0 Å². The van der Waals surface area contributed by atoms with E-state index in [1.165, 1.54) is 12.1 Å². The molecular formula is C15H19NO4S. The zero-order valence-electron chi connectivity index (χ0n) is 11.9. The predicted octanol–water partition coefficient (Wildman–Crippen LogP) is 1.88. The normalized spacial score (nSPS) is 26.9. The molecule has 21 heavy (non-hydrogen) atoms. The Kier molecular flexibility index (Phi) is 3.33. The van der Waals surface area contributed by atoms with Crippen molar-refractivity contribution in [2.75, 3.05) is 0 Å². The van der Waals surface area contributed by atoms with Crippen molar-refractivity contribution in [1.82, 2.24) is 4.72 Å². The highest BCUT2D eigenvalue weighted by molar-refractivity contribution is 7.89. The number of hydrogen-bond donors (Lipinski definition) is 2. The number of benzene rings is 1. The molecule has 0 unspecified atom stereocenters. The highest BCUT2D eigenvalue weighted by Crippen LogP contribution is 2.48. The fourth-order valence-corrected chi connectivity index (χ4v) is 4.25. The zero-order valence-corrected chi connectivity index (χ0v) is 12.7. The van der Waals surface area contributed by atoms with E-state index in [1.54, 1.807) is 12.1 Å². The van der Waals surface area contributed by atoms with Crippen molar-refractivity contribution >= 4 is 16.0 Å². The van der Waals surface area contributed by atoms with E-state index in [0.29, 0.717) is 24.3 Å². The largest absolute Gasteiger partial charge is 0.481 e. The maximum atomic E-state index is 12.2. The molecule has 2 aliphatic rings. The van der Waals surface area contributed by atoms with Crippen LogP contribution in [0, 0.1) is 5.92 Å². The number of carboxylic acids is 1. The number of rotatable bonds is 5. The number of nitrogens with one attached hydrogen (secondary N) is 1. The zero-order chi connectivity index (χ0) is 15.3. The lowest BCUT2D eigenvalue weighted by atomic mass is 9.83. The van der Waals surface area contributed by atoms with Gasteiger partial charge in [-0.1, -0.05) is 19.1 Å². The first-order valence-electron chi connectivity index (χ1n) is 7.20. The Balaban J connectivity index is 1.76. The molecule has 2 saturated carbocycles. The highest BCUT2D eigenvalue weighted by atomic mass is 32.2. The minimum atomic E-state index is -3.50. The first-order valence-corrected chi connectivity index (χ1v) is 8.68. The Morgan fingerprint density at radius 2 is 1.81 bits per heavy atom. The topological polar surface area (TPSA) is 83.5 Å². The predicted molar refractivity (Wildman–Crippen MR) is 77.5 cm³/mol. The van der Waals surface area contributed by atoms with Gasteiger partial charge < -0.3 is 5.11 Å². The molecule has 0 heterocycles. The summed E-state index contributed by atoms with van der Waals surface area (Å²) in [5.41, 5.74) is -0.106. The van der Waals surface area contributed by atoms with E-state index in [1.807, 2.05) is 0 Å². The number of carboxylic acid groups (broad SMARTS) is 1. The molecule has 0 aliphatic heterocycles. The lowest BCUT2D eigenvalue weighted by molar-refractivity contribution is -0.140. The molecule has 0 radical (unpaired) electrons. The number of carbonyl (C=O) groups is 1. The SMILES string of the molecule is CC1CC(NS(=O)(=O)c2ccc(C3(C(=O)O)CC3)cc2)C1. The van der Waals surface area contributed by atoms with Crippen molar-refractivity contribution in [3.8, 4) is 0 Å². The second-order valence-corrected chi connectivity index (χ2v) is 8.02. The molecule has 0 saturated heterocycles. The summed E-state index contributed by atoms with van der Waals surface area (Å²) in [6, 6.07) is 6.28. The van der Waals surface area contributed by atoms with Gasteiger partial charge in [0, 0.05) is 6.04 Å². The van der Waals surface area contributed by atoms with E-state index >= 15 is 0 Å². The number of aliphatic carboxylic acids is 1. The number of hydrogen-bond acceptors (Lipinski definition) is 3. The van der Waals surface area contributed by atoms with Gasteiger partial charge in [-0.25, -0.2) is 13.1 Å². The van der Waals surface area contributed by atoms with Crippen molar-refractivity contribution < 1.29 is 18.3 Å². The Hall–Kier alpha value is -1.40. The molecule has 5 nitrogen and oxygen atoms in total. The summed E-state index contributed by atoms with van der Waals surface area (Å²) >= 11 is 0. The van der Waals surface area contributed by atoms with E-state index in [2.05, 4.69) is 11.6 Å². The molecule has 2 fully saturated rings. The average molecular weight is 309 g/mol. The van der Waals surface area contributed by atoms with Crippen molar-refractivity contribution in [3.63, 3.8) is 0 Å². The molecule has 1 aromatic rings. The van der Waals surface area contributed by atoms with E-state index < -0.39 is 21.4 Å². The average Bonchev–Trinajstić information content (AvgIpc) is 3.18. The molecule has 0 atom stereocenters. The van der Waals surface area contributed by atoms with E-state index in [-0.39, 0.29) is 10.9 Å². The van der Waals surface area contributed by atoms with Crippen molar-refractivity contribution in [2.45, 2.75) is 49.0 Å². The summed E-state index contributed by atoms with van der Waals surface area (Å²) in [6.07, 6.45) is 2.98. The summed E-state index contributed by atoms with van der Waals surface area (Å²) < 4.78 is 27.1. The molecule has 114 valence electrons. The fraction of sp³-hybridized carbons (Fsp3) is 0.533. The third-order valence-corrected chi connectivity index (χ3v) is 6.11. The van der Waals surface area contributed by atoms with Gasteiger partial charge in [-0.15, -0.1) is 0 Å². The van der Waals surface area contributed by atoms with Crippen LogP contribution in [0.2, 0.25) is 0 Å². The summed E-state index contributed by atoms with van der Waals surface area (Å²) in [5, 5.41) is 9.24. The van der Waals surface area contributed by atoms with Gasteiger partial charge >= 0.3 is 5.97 Å². The van der Waals surface area contributed by atoms with E-state index in [0.717, 1.165) is 12.8 Å². The van der Waals surface area contributed by atoms with Crippen LogP contribution in [-0.4, -0.2) is 25.5 Å². The molecular weight excluding hydrogens is 290 g/mol. The number of sulfonamides is 1. The van der Waals surface area contributed by atoms with Crippen LogP contribution in [0.5, 0.6) is 0 Å². The third-order valence-electron chi connectivity index (χ3n) is 4.57. The van der Waals surface area contributed by atoms with Gasteiger partial charge in [-0.05, 0) is 49.3 Å². The smallest absolute Gasteiger partial charge is 0.314 e. The second kappa shape index (κ2) is 4.81. The molecule has 0 spiro atoms. The van der Waals surface area contributed by atoms with Crippen LogP contribution in [0.25, 0.3) is 0 Å². The maximum absolute atomic E-state index is 12.2. The first-order chi connectivity index (χ1) is 9.83. The lowest BCUT2D eigenvalue weighted by Gasteiger charge is -2.32.